The number of hydrogen-bond acceptors (Lipinski definition) is 2. The summed E-state index contributed by atoms with van der Waals surface area (Å²) in [7, 11) is 0. The molecule has 0 spiro atoms. The minimum Gasteiger partial charge on any atom is -0.453 e. The van der Waals surface area contributed by atoms with Crippen LogP contribution in [0.4, 0.5) is 17.1 Å². The quantitative estimate of drug-likeness (QED) is 0.184. The normalized spacial score (nSPS) is 11.8. The molecule has 10 aromatic rings. The molecule has 0 aliphatic carbocycles. The summed E-state index contributed by atoms with van der Waals surface area (Å²) in [6.07, 6.45) is 0. The van der Waals surface area contributed by atoms with E-state index in [1.165, 1.54) is 48.8 Å². The van der Waals surface area contributed by atoms with E-state index in [-0.39, 0.29) is 0 Å². The summed E-state index contributed by atoms with van der Waals surface area (Å²) in [5, 5.41) is 12.0. The molecule has 224 valence electrons. The third-order valence-electron chi connectivity index (χ3n) is 9.82. The lowest BCUT2D eigenvalue weighted by Crippen LogP contribution is -2.10. The van der Waals surface area contributed by atoms with Crippen molar-refractivity contribution in [2.45, 2.75) is 0 Å². The fourth-order valence-corrected chi connectivity index (χ4v) is 7.51. The van der Waals surface area contributed by atoms with Gasteiger partial charge in [0.25, 0.3) is 0 Å². The molecule has 0 fully saturated rings. The van der Waals surface area contributed by atoms with Gasteiger partial charge in [-0.15, -0.1) is 0 Å². The molecule has 48 heavy (non-hydrogen) atoms. The smallest absolute Gasteiger partial charge is 0.159 e. The van der Waals surface area contributed by atoms with Gasteiger partial charge in [0.2, 0.25) is 0 Å². The molecular weight excluding hydrogens is 583 g/mol. The minimum atomic E-state index is 0.875. The van der Waals surface area contributed by atoms with Gasteiger partial charge in [0.1, 0.15) is 5.58 Å². The predicted molar refractivity (Wildman–Crippen MR) is 204 cm³/mol. The van der Waals surface area contributed by atoms with Crippen molar-refractivity contribution < 1.29 is 4.42 Å². The van der Waals surface area contributed by atoms with Gasteiger partial charge in [-0.1, -0.05) is 140 Å². The Hall–Kier alpha value is -6.38. The van der Waals surface area contributed by atoms with Crippen LogP contribution in [0.2, 0.25) is 0 Å². The van der Waals surface area contributed by atoms with Gasteiger partial charge in [0.15, 0.2) is 5.58 Å². The number of rotatable bonds is 4. The van der Waals surface area contributed by atoms with Gasteiger partial charge in [-0.05, 0) is 85.2 Å². The molecule has 2 nitrogen and oxygen atoms in total. The van der Waals surface area contributed by atoms with E-state index in [1.54, 1.807) is 0 Å². The standard InChI is InChI=1S/C46H29NO/c1-4-13-37-30(9-1)12-7-16-38(37)33-21-25-35(26-22-33)47(36-27-23-34-20-19-31-10-2-5-14-39(31)43(34)29-36)44-18-8-17-41-42-28-24-32-11-3-6-15-40(32)45(42)48-46(41)44/h1-29H. The first kappa shape index (κ1) is 26.8. The molecule has 2 heteroatoms. The van der Waals surface area contributed by atoms with Gasteiger partial charge < -0.3 is 9.32 Å². The molecule has 0 radical (unpaired) electrons. The number of nitrogens with zero attached hydrogens (tertiary/aromatic N) is 1. The summed E-state index contributed by atoms with van der Waals surface area (Å²) >= 11 is 0. The Bertz CT molecular complexity index is 2840. The van der Waals surface area contributed by atoms with Gasteiger partial charge >= 0.3 is 0 Å². The summed E-state index contributed by atoms with van der Waals surface area (Å²) in [4.78, 5) is 2.35. The summed E-state index contributed by atoms with van der Waals surface area (Å²) in [6, 6.07) is 63.3. The van der Waals surface area contributed by atoms with Crippen molar-refractivity contribution in [2.24, 2.45) is 0 Å². The number of furan rings is 1. The van der Waals surface area contributed by atoms with E-state index in [9.17, 15) is 0 Å². The highest BCUT2D eigenvalue weighted by Gasteiger charge is 2.21. The molecule has 0 N–H and O–H groups in total. The molecule has 9 aromatic carbocycles. The van der Waals surface area contributed by atoms with E-state index in [0.29, 0.717) is 0 Å². The SMILES string of the molecule is c1ccc2c(-c3ccc(N(c4ccc5ccc6ccccc6c5c4)c4cccc5c4oc4c6ccccc6ccc54)cc3)cccc2c1. The average Bonchev–Trinajstić information content (AvgIpc) is 3.55. The van der Waals surface area contributed by atoms with Crippen LogP contribution >= 0.6 is 0 Å². The van der Waals surface area contributed by atoms with Crippen molar-refractivity contribution in [2.75, 3.05) is 4.90 Å². The molecule has 0 aliphatic rings. The maximum atomic E-state index is 6.88. The molecule has 0 aliphatic heterocycles. The Morgan fingerprint density at radius 2 is 0.875 bits per heavy atom. The minimum absolute atomic E-state index is 0.875. The zero-order valence-electron chi connectivity index (χ0n) is 26.1. The maximum Gasteiger partial charge on any atom is 0.159 e. The van der Waals surface area contributed by atoms with Crippen LogP contribution in [0, 0.1) is 0 Å². The lowest BCUT2D eigenvalue weighted by molar-refractivity contribution is 0.673. The van der Waals surface area contributed by atoms with Gasteiger partial charge in [0, 0.05) is 27.5 Å². The van der Waals surface area contributed by atoms with Crippen LogP contribution in [0.3, 0.4) is 0 Å². The number of hydrogen-bond donors (Lipinski definition) is 0. The highest BCUT2D eigenvalue weighted by Crippen LogP contribution is 2.45. The van der Waals surface area contributed by atoms with Crippen LogP contribution in [0.5, 0.6) is 0 Å². The van der Waals surface area contributed by atoms with Gasteiger partial charge in [-0.3, -0.25) is 0 Å². The van der Waals surface area contributed by atoms with Crippen LogP contribution in [-0.4, -0.2) is 0 Å². The molecule has 0 amide bonds. The Labute approximate surface area is 277 Å². The summed E-state index contributed by atoms with van der Waals surface area (Å²) in [6.45, 7) is 0. The second-order valence-corrected chi connectivity index (χ2v) is 12.5. The molecule has 0 saturated heterocycles. The fraction of sp³-hybridized carbons (Fsp3) is 0. The first-order valence-corrected chi connectivity index (χ1v) is 16.4. The van der Waals surface area contributed by atoms with Crippen molar-refractivity contribution >= 4 is 82.1 Å². The van der Waals surface area contributed by atoms with E-state index >= 15 is 0 Å². The number of fused-ring (bicyclic) bond motifs is 9. The van der Waals surface area contributed by atoms with E-state index in [2.05, 4.69) is 181 Å². The van der Waals surface area contributed by atoms with E-state index in [1.807, 2.05) is 0 Å². The van der Waals surface area contributed by atoms with Gasteiger partial charge in [-0.25, -0.2) is 0 Å². The third-order valence-corrected chi connectivity index (χ3v) is 9.82. The van der Waals surface area contributed by atoms with Crippen LogP contribution in [0.25, 0.3) is 76.2 Å². The van der Waals surface area contributed by atoms with Crippen molar-refractivity contribution in [1.29, 1.82) is 0 Å². The second kappa shape index (κ2) is 10.6. The Morgan fingerprint density at radius 1 is 0.333 bits per heavy atom. The molecule has 0 atom stereocenters. The molecule has 1 heterocycles. The van der Waals surface area contributed by atoms with Crippen molar-refractivity contribution in [3.8, 4) is 11.1 Å². The van der Waals surface area contributed by atoms with Crippen LogP contribution in [-0.2, 0) is 0 Å². The number of benzene rings is 9. The molecule has 0 saturated carbocycles. The molecular formula is C46H29NO. The summed E-state index contributed by atoms with van der Waals surface area (Å²) < 4.78 is 6.88. The molecule has 0 bridgehead atoms. The van der Waals surface area contributed by atoms with Crippen LogP contribution < -0.4 is 4.90 Å². The van der Waals surface area contributed by atoms with Crippen molar-refractivity contribution in [1.82, 2.24) is 0 Å². The molecule has 0 unspecified atom stereocenters. The first-order valence-electron chi connectivity index (χ1n) is 16.4. The zero-order valence-corrected chi connectivity index (χ0v) is 26.1. The first-order chi connectivity index (χ1) is 23.8. The van der Waals surface area contributed by atoms with Gasteiger partial charge in [0.05, 0.1) is 5.69 Å². The number of anilines is 3. The van der Waals surface area contributed by atoms with Gasteiger partial charge in [-0.2, -0.15) is 0 Å². The lowest BCUT2D eigenvalue weighted by atomic mass is 9.98. The van der Waals surface area contributed by atoms with E-state index < -0.39 is 0 Å². The Morgan fingerprint density at radius 3 is 1.69 bits per heavy atom. The Balaban J connectivity index is 1.22. The molecule has 1 aromatic heterocycles. The largest absolute Gasteiger partial charge is 0.453 e. The lowest BCUT2D eigenvalue weighted by Gasteiger charge is -2.26. The summed E-state index contributed by atoms with van der Waals surface area (Å²) in [5.74, 6) is 0. The predicted octanol–water partition coefficient (Wildman–Crippen LogP) is 13.3. The second-order valence-electron chi connectivity index (χ2n) is 12.5. The monoisotopic (exact) mass is 611 g/mol. The summed E-state index contributed by atoms with van der Waals surface area (Å²) in [5.41, 5.74) is 7.37. The fourth-order valence-electron chi connectivity index (χ4n) is 7.51. The number of para-hydroxylation sites is 1. The third kappa shape index (κ3) is 4.13. The topological polar surface area (TPSA) is 16.4 Å². The Kier molecular flexibility index (Phi) is 5.91. The molecule has 10 rings (SSSR count). The highest BCUT2D eigenvalue weighted by molar-refractivity contribution is 6.18. The van der Waals surface area contributed by atoms with E-state index in [0.717, 1.165) is 44.4 Å². The average molecular weight is 612 g/mol. The van der Waals surface area contributed by atoms with Crippen LogP contribution in [0.1, 0.15) is 0 Å². The van der Waals surface area contributed by atoms with Crippen molar-refractivity contribution in [3.05, 3.63) is 176 Å². The van der Waals surface area contributed by atoms with E-state index in [4.69, 9.17) is 4.42 Å². The zero-order chi connectivity index (χ0) is 31.6. The highest BCUT2D eigenvalue weighted by atomic mass is 16.3. The maximum absolute atomic E-state index is 6.88. The van der Waals surface area contributed by atoms with Crippen LogP contribution in [0.15, 0.2) is 180 Å². The van der Waals surface area contributed by atoms with Crippen molar-refractivity contribution in [3.63, 3.8) is 0 Å².